The van der Waals surface area contributed by atoms with Gasteiger partial charge in [-0.1, -0.05) is 52.7 Å². The molecular formula is C19H14Cl3N3O3S. The van der Waals surface area contributed by atoms with E-state index in [2.05, 4.69) is 10.2 Å². The molecule has 0 N–H and O–H groups in total. The number of amides is 1. The Hall–Kier alpha value is -2.06. The second-order valence-electron chi connectivity index (χ2n) is 6.14. The van der Waals surface area contributed by atoms with Crippen LogP contribution in [-0.4, -0.2) is 28.6 Å². The van der Waals surface area contributed by atoms with E-state index in [-0.39, 0.29) is 18.6 Å². The van der Waals surface area contributed by atoms with Crippen molar-refractivity contribution < 1.29 is 14.3 Å². The van der Waals surface area contributed by atoms with Crippen LogP contribution >= 0.6 is 46.1 Å². The number of β-lactam (4-membered cyclic amide) rings is 1. The molecule has 2 heterocycles. The van der Waals surface area contributed by atoms with Crippen LogP contribution in [0.3, 0.4) is 0 Å². The topological polar surface area (TPSA) is 64.5 Å². The van der Waals surface area contributed by atoms with Crippen LogP contribution in [0.5, 0.6) is 11.5 Å². The number of aromatic nitrogens is 2. The summed E-state index contributed by atoms with van der Waals surface area (Å²) in [5.41, 5.74) is 0.815. The molecule has 2 unspecified atom stereocenters. The molecule has 0 aliphatic carbocycles. The number of benzene rings is 2. The molecule has 1 aliphatic heterocycles. The number of methoxy groups -OCH3 is 1. The van der Waals surface area contributed by atoms with Gasteiger partial charge in [0.15, 0.2) is 5.01 Å². The maximum absolute atomic E-state index is 12.4. The van der Waals surface area contributed by atoms with E-state index < -0.39 is 5.38 Å². The Kier molecular flexibility index (Phi) is 5.83. The molecule has 0 spiro atoms. The lowest BCUT2D eigenvalue weighted by molar-refractivity contribution is -0.123. The lowest BCUT2D eigenvalue weighted by atomic mass is 9.93. The first-order valence-corrected chi connectivity index (χ1v) is 10.5. The van der Waals surface area contributed by atoms with E-state index in [1.165, 1.54) is 16.2 Å². The summed E-state index contributed by atoms with van der Waals surface area (Å²) in [6.07, 6.45) is 0. The highest BCUT2D eigenvalue weighted by atomic mass is 35.5. The van der Waals surface area contributed by atoms with Crippen molar-refractivity contribution in [3.8, 4) is 11.5 Å². The predicted molar refractivity (Wildman–Crippen MR) is 114 cm³/mol. The molecule has 3 aromatic rings. The van der Waals surface area contributed by atoms with Gasteiger partial charge < -0.3 is 9.47 Å². The Bertz CT molecular complexity index is 1060. The normalized spacial score (nSPS) is 18.5. The Labute approximate surface area is 185 Å². The third kappa shape index (κ3) is 3.88. The summed E-state index contributed by atoms with van der Waals surface area (Å²) >= 11 is 19.6. The Morgan fingerprint density at radius 2 is 1.93 bits per heavy atom. The quantitative estimate of drug-likeness (QED) is 0.369. The first-order chi connectivity index (χ1) is 14.0. The van der Waals surface area contributed by atoms with Crippen molar-refractivity contribution in [2.75, 3.05) is 12.0 Å². The summed E-state index contributed by atoms with van der Waals surface area (Å²) in [6.45, 7) is 0.157. The van der Waals surface area contributed by atoms with E-state index in [9.17, 15) is 4.79 Å². The molecule has 1 fully saturated rings. The summed E-state index contributed by atoms with van der Waals surface area (Å²) < 4.78 is 11.1. The van der Waals surface area contributed by atoms with Gasteiger partial charge in [-0.15, -0.1) is 21.8 Å². The standard InChI is InChI=1S/C19H14Cl3N3O3S/c1-27-13-5-3-2-4-11(13)17-16(22)18(26)25(17)19-24-23-15(29-19)9-28-14-7-6-10(20)8-12(14)21/h2-8,16-17H,9H2,1H3. The fourth-order valence-corrected chi connectivity index (χ4v) is 4.62. The number of rotatable bonds is 6. The molecule has 0 bridgehead atoms. The Morgan fingerprint density at radius 1 is 1.14 bits per heavy atom. The van der Waals surface area contributed by atoms with Gasteiger partial charge in [0.05, 0.1) is 18.2 Å². The molecule has 10 heteroatoms. The molecule has 1 amide bonds. The zero-order valence-electron chi connectivity index (χ0n) is 15.0. The molecular weight excluding hydrogens is 457 g/mol. The minimum absolute atomic E-state index is 0.157. The molecule has 150 valence electrons. The highest BCUT2D eigenvalue weighted by Gasteiger charge is 2.50. The smallest absolute Gasteiger partial charge is 0.250 e. The molecule has 29 heavy (non-hydrogen) atoms. The molecule has 1 aliphatic rings. The lowest BCUT2D eigenvalue weighted by Crippen LogP contribution is -2.56. The number of nitrogens with zero attached hydrogens (tertiary/aromatic N) is 3. The van der Waals surface area contributed by atoms with E-state index in [1.54, 1.807) is 25.3 Å². The number of ether oxygens (including phenoxy) is 2. The van der Waals surface area contributed by atoms with E-state index in [1.807, 2.05) is 24.3 Å². The van der Waals surface area contributed by atoms with Crippen molar-refractivity contribution in [3.63, 3.8) is 0 Å². The van der Waals surface area contributed by atoms with Crippen LogP contribution in [0, 0.1) is 0 Å². The van der Waals surface area contributed by atoms with Crippen LogP contribution in [0.25, 0.3) is 0 Å². The minimum Gasteiger partial charge on any atom is -0.496 e. The van der Waals surface area contributed by atoms with Crippen LogP contribution in [0.15, 0.2) is 42.5 Å². The fourth-order valence-electron chi connectivity index (χ4n) is 3.01. The third-order valence-corrected chi connectivity index (χ3v) is 6.25. The van der Waals surface area contributed by atoms with Gasteiger partial charge in [0, 0.05) is 10.6 Å². The Morgan fingerprint density at radius 3 is 2.69 bits per heavy atom. The van der Waals surface area contributed by atoms with Gasteiger partial charge in [0.2, 0.25) is 11.0 Å². The molecule has 1 saturated heterocycles. The van der Waals surface area contributed by atoms with Crippen LogP contribution in [-0.2, 0) is 11.4 Å². The predicted octanol–water partition coefficient (Wildman–Crippen LogP) is 5.13. The van der Waals surface area contributed by atoms with E-state index in [0.717, 1.165) is 5.56 Å². The number of carbonyl (C=O) groups is 1. The van der Waals surface area contributed by atoms with Gasteiger partial charge in [-0.05, 0) is 24.3 Å². The second-order valence-corrected chi connectivity index (χ2v) is 8.49. The molecule has 4 rings (SSSR count). The molecule has 0 saturated carbocycles. The van der Waals surface area contributed by atoms with Gasteiger partial charge >= 0.3 is 0 Å². The average Bonchev–Trinajstić information content (AvgIpc) is 3.18. The summed E-state index contributed by atoms with van der Waals surface area (Å²) in [4.78, 5) is 14.0. The average molecular weight is 471 g/mol. The van der Waals surface area contributed by atoms with Crippen molar-refractivity contribution in [3.05, 3.63) is 63.1 Å². The molecule has 0 radical (unpaired) electrons. The SMILES string of the molecule is COc1ccccc1C1C(Cl)C(=O)N1c1nnc(COc2ccc(Cl)cc2Cl)s1. The Balaban J connectivity index is 1.52. The van der Waals surface area contributed by atoms with Gasteiger partial charge in [-0.3, -0.25) is 9.69 Å². The first-order valence-electron chi connectivity index (χ1n) is 8.50. The minimum atomic E-state index is -0.692. The number of para-hydroxylation sites is 1. The van der Waals surface area contributed by atoms with Crippen molar-refractivity contribution in [1.82, 2.24) is 10.2 Å². The zero-order chi connectivity index (χ0) is 20.5. The van der Waals surface area contributed by atoms with E-state index in [4.69, 9.17) is 44.3 Å². The number of halogens is 3. The van der Waals surface area contributed by atoms with Crippen molar-refractivity contribution in [1.29, 1.82) is 0 Å². The number of hydrogen-bond acceptors (Lipinski definition) is 6. The van der Waals surface area contributed by atoms with Crippen LogP contribution in [0.4, 0.5) is 5.13 Å². The maximum atomic E-state index is 12.4. The monoisotopic (exact) mass is 469 g/mol. The summed E-state index contributed by atoms with van der Waals surface area (Å²) in [5, 5.41) is 9.54. The zero-order valence-corrected chi connectivity index (χ0v) is 18.1. The van der Waals surface area contributed by atoms with Crippen molar-refractivity contribution in [2.24, 2.45) is 0 Å². The van der Waals surface area contributed by atoms with Crippen LogP contribution in [0.1, 0.15) is 16.6 Å². The van der Waals surface area contributed by atoms with Gasteiger partial charge in [-0.2, -0.15) is 0 Å². The number of anilines is 1. The molecule has 2 aromatic carbocycles. The second kappa shape index (κ2) is 8.36. The lowest BCUT2D eigenvalue weighted by Gasteiger charge is -2.42. The van der Waals surface area contributed by atoms with Crippen molar-refractivity contribution in [2.45, 2.75) is 18.0 Å². The highest BCUT2D eigenvalue weighted by Crippen LogP contribution is 2.45. The van der Waals surface area contributed by atoms with E-state index >= 15 is 0 Å². The fraction of sp³-hybridized carbons (Fsp3) is 0.211. The van der Waals surface area contributed by atoms with Crippen LogP contribution in [0.2, 0.25) is 10.0 Å². The summed E-state index contributed by atoms with van der Waals surface area (Å²) in [5.74, 6) is 0.915. The van der Waals surface area contributed by atoms with Crippen LogP contribution < -0.4 is 14.4 Å². The largest absolute Gasteiger partial charge is 0.496 e. The van der Waals surface area contributed by atoms with E-state index in [0.29, 0.717) is 31.7 Å². The summed E-state index contributed by atoms with van der Waals surface area (Å²) in [7, 11) is 1.58. The van der Waals surface area contributed by atoms with Gasteiger partial charge in [0.1, 0.15) is 23.5 Å². The maximum Gasteiger partial charge on any atom is 0.250 e. The first kappa shape index (κ1) is 20.2. The molecule has 6 nitrogen and oxygen atoms in total. The highest BCUT2D eigenvalue weighted by molar-refractivity contribution is 7.15. The molecule has 1 aromatic heterocycles. The number of carbonyl (C=O) groups excluding carboxylic acids is 1. The summed E-state index contributed by atoms with van der Waals surface area (Å²) in [6, 6.07) is 12.0. The van der Waals surface area contributed by atoms with Gasteiger partial charge in [-0.25, -0.2) is 0 Å². The third-order valence-electron chi connectivity index (χ3n) is 4.39. The molecule has 2 atom stereocenters. The van der Waals surface area contributed by atoms with Gasteiger partial charge in [0.25, 0.3) is 0 Å². The number of hydrogen-bond donors (Lipinski definition) is 0. The number of alkyl halides is 1. The van der Waals surface area contributed by atoms with Crippen molar-refractivity contribution >= 4 is 57.2 Å².